The number of ether oxygens (including phenoxy) is 1. The van der Waals surface area contributed by atoms with Crippen LogP contribution in [0.1, 0.15) is 26.4 Å². The van der Waals surface area contributed by atoms with Gasteiger partial charge in [-0.3, -0.25) is 4.79 Å². The van der Waals surface area contributed by atoms with Crippen molar-refractivity contribution in [3.8, 4) is 11.8 Å². The number of halogens is 2. The van der Waals surface area contributed by atoms with Crippen LogP contribution in [0.4, 0.5) is 5.00 Å². The van der Waals surface area contributed by atoms with E-state index in [1.54, 1.807) is 20.2 Å². The Morgan fingerprint density at radius 3 is 2.58 bits per heavy atom. The van der Waals surface area contributed by atoms with Crippen molar-refractivity contribution in [2.24, 2.45) is 5.10 Å². The molecule has 0 radical (unpaired) electrons. The molecule has 0 unspecified atom stereocenters. The molecule has 0 atom stereocenters. The molecule has 0 aliphatic rings. The number of carbonyl (C=O) groups excluding carboxylic acids is 1. The smallest absolute Gasteiger partial charge is 0.281 e. The Kier molecular flexibility index (Phi) is 6.41. The largest absolute Gasteiger partial charge is 0.495 e. The average Bonchev–Trinajstić information content (AvgIpc) is 2.81. The third-order valence-corrected chi connectivity index (χ3v) is 5.82. The number of methoxy groups -OCH3 is 1. The lowest BCUT2D eigenvalue weighted by Crippen LogP contribution is -2.17. The Morgan fingerprint density at radius 2 is 2.08 bits per heavy atom. The number of rotatable bonds is 4. The summed E-state index contributed by atoms with van der Waals surface area (Å²) in [5, 5.41) is 13.3. The van der Waals surface area contributed by atoms with E-state index in [2.05, 4.69) is 55.7 Å². The first-order chi connectivity index (χ1) is 11.4. The first-order valence-corrected chi connectivity index (χ1v) is 9.51. The minimum absolute atomic E-state index is 0.336. The van der Waals surface area contributed by atoms with Gasteiger partial charge in [-0.2, -0.15) is 10.4 Å². The van der Waals surface area contributed by atoms with E-state index in [9.17, 15) is 4.79 Å². The van der Waals surface area contributed by atoms with Crippen molar-refractivity contribution in [1.29, 1.82) is 5.26 Å². The molecule has 1 aromatic carbocycles. The summed E-state index contributed by atoms with van der Waals surface area (Å²) in [5.74, 6) is 0.422. The molecular formula is C15H12I2N4O2S. The second kappa shape index (κ2) is 8.13. The zero-order valence-electron chi connectivity index (χ0n) is 12.7. The molecule has 0 fully saturated rings. The minimum Gasteiger partial charge on any atom is -0.495 e. The predicted octanol–water partition coefficient (Wildman–Crippen LogP) is 3.49. The van der Waals surface area contributed by atoms with E-state index in [1.807, 2.05) is 18.2 Å². The number of anilines is 1. The molecule has 0 aliphatic heterocycles. The standard InChI is InChI=1S/C15H12I2N4O2S/c1-7-9(5-18)14(19)24-13(7)15(22)21-20-6-8-3-10(16)12(23-2)11(17)4-8/h3-4,6H,19H2,1-2H3,(H,21,22)/b20-6-. The fraction of sp³-hybridized carbons (Fsp3) is 0.133. The van der Waals surface area contributed by atoms with E-state index < -0.39 is 0 Å². The van der Waals surface area contributed by atoms with Gasteiger partial charge in [0.15, 0.2) is 0 Å². The number of carbonyl (C=O) groups is 1. The van der Waals surface area contributed by atoms with Gasteiger partial charge in [0.25, 0.3) is 5.91 Å². The molecule has 2 rings (SSSR count). The summed E-state index contributed by atoms with van der Waals surface area (Å²) >= 11 is 5.44. The SMILES string of the molecule is COc1c(I)cc(/C=N\NC(=O)c2sc(N)c(C#N)c2C)cc1I. The van der Waals surface area contributed by atoms with Crippen LogP contribution in [-0.4, -0.2) is 19.2 Å². The highest BCUT2D eigenvalue weighted by atomic mass is 127. The number of hydrogen-bond acceptors (Lipinski definition) is 6. The third kappa shape index (κ3) is 3.98. The topological polar surface area (TPSA) is 100 Å². The molecule has 24 heavy (non-hydrogen) atoms. The van der Waals surface area contributed by atoms with E-state index in [0.717, 1.165) is 29.8 Å². The molecule has 0 spiro atoms. The number of nitriles is 1. The fourth-order valence-corrected chi connectivity index (χ4v) is 5.13. The van der Waals surface area contributed by atoms with Crippen molar-refractivity contribution in [3.05, 3.63) is 40.8 Å². The van der Waals surface area contributed by atoms with Crippen LogP contribution in [0.2, 0.25) is 0 Å². The number of thiophene rings is 1. The summed E-state index contributed by atoms with van der Waals surface area (Å²) in [6.07, 6.45) is 1.55. The molecule has 1 amide bonds. The molecule has 0 saturated heterocycles. The lowest BCUT2D eigenvalue weighted by Gasteiger charge is -2.06. The second-order valence-electron chi connectivity index (χ2n) is 4.62. The summed E-state index contributed by atoms with van der Waals surface area (Å²) in [4.78, 5) is 12.6. The monoisotopic (exact) mass is 566 g/mol. The Morgan fingerprint density at radius 1 is 1.46 bits per heavy atom. The van der Waals surface area contributed by atoms with Crippen LogP contribution >= 0.6 is 56.5 Å². The number of nitrogens with two attached hydrogens (primary N) is 1. The molecule has 0 aliphatic carbocycles. The number of hydrazone groups is 1. The number of benzene rings is 1. The van der Waals surface area contributed by atoms with Gasteiger partial charge in [0.05, 0.1) is 26.0 Å². The van der Waals surface area contributed by atoms with Crippen LogP contribution in [0, 0.1) is 25.4 Å². The quantitative estimate of drug-likeness (QED) is 0.337. The third-order valence-electron chi connectivity index (χ3n) is 3.10. The molecule has 3 N–H and O–H groups in total. The van der Waals surface area contributed by atoms with Gasteiger partial charge in [-0.1, -0.05) is 0 Å². The summed E-state index contributed by atoms with van der Waals surface area (Å²) in [6.45, 7) is 1.69. The van der Waals surface area contributed by atoms with Crippen molar-refractivity contribution in [2.45, 2.75) is 6.92 Å². The van der Waals surface area contributed by atoms with Crippen LogP contribution in [0.3, 0.4) is 0 Å². The van der Waals surface area contributed by atoms with E-state index >= 15 is 0 Å². The molecule has 0 saturated carbocycles. The van der Waals surface area contributed by atoms with Crippen LogP contribution < -0.4 is 15.9 Å². The maximum atomic E-state index is 12.2. The normalized spacial score (nSPS) is 10.6. The van der Waals surface area contributed by atoms with Gasteiger partial charge < -0.3 is 10.5 Å². The first kappa shape index (κ1) is 18.9. The number of nitrogen functional groups attached to an aromatic ring is 1. The zero-order valence-corrected chi connectivity index (χ0v) is 17.8. The number of nitrogens with zero attached hydrogens (tertiary/aromatic N) is 2. The zero-order chi connectivity index (χ0) is 17.9. The lowest BCUT2D eigenvalue weighted by molar-refractivity contribution is 0.0958. The van der Waals surface area contributed by atoms with Crippen molar-refractivity contribution < 1.29 is 9.53 Å². The average molecular weight is 566 g/mol. The number of nitrogens with one attached hydrogen (secondary N) is 1. The summed E-state index contributed by atoms with van der Waals surface area (Å²) in [6, 6.07) is 5.80. The van der Waals surface area contributed by atoms with Crippen LogP contribution in [0.25, 0.3) is 0 Å². The van der Waals surface area contributed by atoms with Gasteiger partial charge in [-0.15, -0.1) is 11.3 Å². The molecule has 9 heteroatoms. The molecule has 2 aromatic rings. The van der Waals surface area contributed by atoms with E-state index in [0.29, 0.717) is 21.0 Å². The van der Waals surface area contributed by atoms with E-state index in [1.165, 1.54) is 0 Å². The van der Waals surface area contributed by atoms with Gasteiger partial charge in [0, 0.05) is 0 Å². The van der Waals surface area contributed by atoms with Crippen LogP contribution in [0.15, 0.2) is 17.2 Å². The summed E-state index contributed by atoms with van der Waals surface area (Å²) < 4.78 is 7.21. The molecule has 1 heterocycles. The Bertz CT molecular complexity index is 848. The van der Waals surface area contributed by atoms with Gasteiger partial charge in [-0.25, -0.2) is 5.43 Å². The predicted molar refractivity (Wildman–Crippen MR) is 112 cm³/mol. The van der Waals surface area contributed by atoms with Crippen molar-refractivity contribution in [1.82, 2.24) is 5.43 Å². The van der Waals surface area contributed by atoms with E-state index in [-0.39, 0.29) is 5.91 Å². The highest BCUT2D eigenvalue weighted by Gasteiger charge is 2.18. The molecule has 6 nitrogen and oxygen atoms in total. The van der Waals surface area contributed by atoms with Crippen LogP contribution in [0.5, 0.6) is 5.75 Å². The molecule has 0 bridgehead atoms. The number of hydrogen-bond donors (Lipinski definition) is 2. The Balaban J connectivity index is 2.15. The van der Waals surface area contributed by atoms with Crippen LogP contribution in [-0.2, 0) is 0 Å². The van der Waals surface area contributed by atoms with Gasteiger partial charge in [-0.05, 0) is 75.4 Å². The minimum atomic E-state index is -0.389. The highest BCUT2D eigenvalue weighted by molar-refractivity contribution is 14.1. The van der Waals surface area contributed by atoms with Crippen molar-refractivity contribution in [2.75, 3.05) is 12.8 Å². The number of amides is 1. The van der Waals surface area contributed by atoms with Crippen molar-refractivity contribution >= 4 is 73.6 Å². The van der Waals surface area contributed by atoms with Gasteiger partial charge in [0.1, 0.15) is 21.7 Å². The first-order valence-electron chi connectivity index (χ1n) is 6.54. The molecular weight excluding hydrogens is 554 g/mol. The van der Waals surface area contributed by atoms with Gasteiger partial charge in [0.2, 0.25) is 0 Å². The Hall–Kier alpha value is -1.39. The Labute approximate surface area is 170 Å². The highest BCUT2D eigenvalue weighted by Crippen LogP contribution is 2.30. The van der Waals surface area contributed by atoms with Gasteiger partial charge >= 0.3 is 0 Å². The van der Waals surface area contributed by atoms with Crippen molar-refractivity contribution in [3.63, 3.8) is 0 Å². The maximum absolute atomic E-state index is 12.2. The fourth-order valence-electron chi connectivity index (χ4n) is 1.96. The molecule has 124 valence electrons. The van der Waals surface area contributed by atoms with E-state index in [4.69, 9.17) is 15.7 Å². The summed E-state index contributed by atoms with van der Waals surface area (Å²) in [7, 11) is 1.62. The second-order valence-corrected chi connectivity index (χ2v) is 8.00. The lowest BCUT2D eigenvalue weighted by atomic mass is 10.2. The maximum Gasteiger partial charge on any atom is 0.281 e. The molecule has 1 aromatic heterocycles. The summed E-state index contributed by atoms with van der Waals surface area (Å²) in [5.41, 5.74) is 9.94.